The first-order valence-electron chi connectivity index (χ1n) is 8.46. The van der Waals surface area contributed by atoms with Gasteiger partial charge in [0.1, 0.15) is 5.01 Å². The second-order valence-corrected chi connectivity index (χ2v) is 8.65. The van der Waals surface area contributed by atoms with E-state index in [4.69, 9.17) is 0 Å². The van der Waals surface area contributed by atoms with Crippen LogP contribution in [-0.2, 0) is 0 Å². The van der Waals surface area contributed by atoms with Gasteiger partial charge in [-0.3, -0.25) is 0 Å². The number of hydrogen-bond donors (Lipinski definition) is 3. The van der Waals surface area contributed by atoms with Crippen molar-refractivity contribution in [3.05, 3.63) is 16.1 Å². The molecule has 1 aromatic rings. The van der Waals surface area contributed by atoms with Crippen LogP contribution in [0.15, 0.2) is 6.20 Å². The Labute approximate surface area is 142 Å². The number of carbonyl (C=O) groups is 1. The number of urea groups is 1. The highest BCUT2D eigenvalue weighted by atomic mass is 32.1. The number of aliphatic hydroxyl groups is 1. The van der Waals surface area contributed by atoms with Crippen LogP contribution >= 0.6 is 11.3 Å². The molecule has 0 radical (unpaired) electrons. The quantitative estimate of drug-likeness (QED) is 0.679. The lowest BCUT2D eigenvalue weighted by molar-refractivity contribution is 0.0475. The van der Waals surface area contributed by atoms with Crippen LogP contribution in [0.5, 0.6) is 0 Å². The second-order valence-electron chi connectivity index (χ2n) is 7.38. The summed E-state index contributed by atoms with van der Waals surface area (Å²) in [6, 6.07) is -0.228. The lowest BCUT2D eigenvalue weighted by atomic mass is 9.95. The van der Waals surface area contributed by atoms with Gasteiger partial charge in [0, 0.05) is 17.6 Å². The van der Waals surface area contributed by atoms with Gasteiger partial charge < -0.3 is 15.7 Å². The molecule has 3 N–H and O–H groups in total. The average molecular weight is 340 g/mol. The first kappa shape index (κ1) is 18.2. The van der Waals surface area contributed by atoms with E-state index in [2.05, 4.69) is 29.5 Å². The van der Waals surface area contributed by atoms with Gasteiger partial charge >= 0.3 is 6.03 Å². The van der Waals surface area contributed by atoms with Gasteiger partial charge in [0.15, 0.2) is 0 Å². The Hall–Kier alpha value is -1.14. The Balaban J connectivity index is 1.83. The molecule has 23 heavy (non-hydrogen) atoms. The Kier molecular flexibility index (Phi) is 6.03. The van der Waals surface area contributed by atoms with Crippen LogP contribution in [-0.4, -0.2) is 28.3 Å². The molecule has 0 aromatic carbocycles. The van der Waals surface area contributed by atoms with Crippen LogP contribution in [0.4, 0.5) is 4.79 Å². The average Bonchev–Trinajstić information content (AvgIpc) is 3.22. The zero-order valence-electron chi connectivity index (χ0n) is 14.6. The van der Waals surface area contributed by atoms with Crippen LogP contribution in [0.25, 0.3) is 0 Å². The molecule has 1 heterocycles. The third-order valence-electron chi connectivity index (χ3n) is 4.18. The summed E-state index contributed by atoms with van der Waals surface area (Å²) in [5, 5.41) is 17.2. The summed E-state index contributed by atoms with van der Waals surface area (Å²) in [5.41, 5.74) is -0.867. The fourth-order valence-electron chi connectivity index (χ4n) is 2.48. The van der Waals surface area contributed by atoms with E-state index in [-0.39, 0.29) is 18.6 Å². The Morgan fingerprint density at radius 2 is 2.22 bits per heavy atom. The number of hydrogen-bond acceptors (Lipinski definition) is 4. The molecule has 2 atom stereocenters. The van der Waals surface area contributed by atoms with E-state index in [0.29, 0.717) is 18.3 Å². The van der Waals surface area contributed by atoms with Crippen molar-refractivity contribution < 1.29 is 9.90 Å². The minimum absolute atomic E-state index is 0.00527. The lowest BCUT2D eigenvalue weighted by Gasteiger charge is -2.25. The van der Waals surface area contributed by atoms with Crippen molar-refractivity contribution >= 4 is 17.4 Å². The van der Waals surface area contributed by atoms with Crippen molar-refractivity contribution in [3.63, 3.8) is 0 Å². The molecular weight excluding hydrogens is 310 g/mol. The number of thiazole rings is 1. The van der Waals surface area contributed by atoms with E-state index in [1.807, 2.05) is 13.1 Å². The molecule has 0 aliphatic heterocycles. The summed E-state index contributed by atoms with van der Waals surface area (Å²) in [6.45, 7) is 8.33. The topological polar surface area (TPSA) is 74.2 Å². The van der Waals surface area contributed by atoms with Gasteiger partial charge in [-0.1, -0.05) is 13.8 Å². The third kappa shape index (κ3) is 6.11. The molecule has 0 spiro atoms. The van der Waals surface area contributed by atoms with Gasteiger partial charge in [-0.2, -0.15) is 0 Å². The molecule has 2 rings (SSSR count). The van der Waals surface area contributed by atoms with Crippen molar-refractivity contribution in [3.8, 4) is 0 Å². The van der Waals surface area contributed by atoms with Crippen LogP contribution < -0.4 is 10.6 Å². The molecule has 2 amide bonds. The van der Waals surface area contributed by atoms with E-state index in [9.17, 15) is 9.90 Å². The monoisotopic (exact) mass is 339 g/mol. The molecule has 1 aromatic heterocycles. The smallest absolute Gasteiger partial charge is 0.315 e. The number of amides is 2. The van der Waals surface area contributed by atoms with Gasteiger partial charge in [0.25, 0.3) is 0 Å². The van der Waals surface area contributed by atoms with E-state index >= 15 is 0 Å². The molecule has 1 aliphatic carbocycles. The molecular formula is C17H29N3O2S. The molecule has 0 saturated heterocycles. The van der Waals surface area contributed by atoms with Crippen molar-refractivity contribution in [1.82, 2.24) is 15.6 Å². The number of aromatic nitrogens is 1. The van der Waals surface area contributed by atoms with E-state index < -0.39 is 5.60 Å². The summed E-state index contributed by atoms with van der Waals surface area (Å²) in [6.07, 6.45) is 5.75. The zero-order valence-corrected chi connectivity index (χ0v) is 15.4. The summed E-state index contributed by atoms with van der Waals surface area (Å²) in [5.74, 6) is 1.04. The van der Waals surface area contributed by atoms with Crippen LogP contribution in [0, 0.1) is 18.8 Å². The van der Waals surface area contributed by atoms with E-state index in [1.54, 1.807) is 18.3 Å². The van der Waals surface area contributed by atoms with E-state index in [1.165, 1.54) is 0 Å². The van der Waals surface area contributed by atoms with Crippen LogP contribution in [0.1, 0.15) is 62.4 Å². The molecule has 5 nitrogen and oxygen atoms in total. The number of aryl methyl sites for hydroxylation is 1. The Bertz CT molecular complexity index is 524. The van der Waals surface area contributed by atoms with Crippen LogP contribution in [0.3, 0.4) is 0 Å². The van der Waals surface area contributed by atoms with Crippen molar-refractivity contribution in [1.29, 1.82) is 0 Å². The molecule has 1 saturated carbocycles. The van der Waals surface area contributed by atoms with Gasteiger partial charge in [0.2, 0.25) is 0 Å². The standard InChI is InChI=1S/C17H29N3O2S/c1-11(2)7-8-17(4,22)10-19-16(21)20-14(13-5-6-13)15-18-9-12(3)23-15/h9,11,13-14,22H,5-8,10H2,1-4H3,(H2,19,20,21). The summed E-state index contributed by atoms with van der Waals surface area (Å²) in [4.78, 5) is 17.8. The highest BCUT2D eigenvalue weighted by molar-refractivity contribution is 7.11. The minimum Gasteiger partial charge on any atom is -0.388 e. The maximum absolute atomic E-state index is 12.2. The van der Waals surface area contributed by atoms with Crippen molar-refractivity contribution in [2.45, 2.75) is 65.0 Å². The summed E-state index contributed by atoms with van der Waals surface area (Å²) >= 11 is 1.64. The molecule has 2 unspecified atom stereocenters. The highest BCUT2D eigenvalue weighted by Crippen LogP contribution is 2.41. The number of rotatable bonds is 8. The molecule has 1 aliphatic rings. The van der Waals surface area contributed by atoms with Gasteiger partial charge in [-0.05, 0) is 51.4 Å². The maximum Gasteiger partial charge on any atom is 0.315 e. The number of nitrogens with one attached hydrogen (secondary N) is 2. The minimum atomic E-state index is -0.867. The van der Waals surface area contributed by atoms with Gasteiger partial charge in [-0.15, -0.1) is 11.3 Å². The fraction of sp³-hybridized carbons (Fsp3) is 0.765. The first-order valence-corrected chi connectivity index (χ1v) is 9.27. The largest absolute Gasteiger partial charge is 0.388 e. The predicted molar refractivity (Wildman–Crippen MR) is 93.5 cm³/mol. The number of carbonyl (C=O) groups excluding carboxylic acids is 1. The molecule has 1 fully saturated rings. The Morgan fingerprint density at radius 3 is 2.74 bits per heavy atom. The maximum atomic E-state index is 12.2. The van der Waals surface area contributed by atoms with E-state index in [0.717, 1.165) is 29.1 Å². The summed E-state index contributed by atoms with van der Waals surface area (Å²) < 4.78 is 0. The normalized spacial score (nSPS) is 18.5. The fourth-order valence-corrected chi connectivity index (χ4v) is 3.40. The molecule has 0 bridgehead atoms. The van der Waals surface area contributed by atoms with Crippen molar-refractivity contribution in [2.75, 3.05) is 6.54 Å². The van der Waals surface area contributed by atoms with Gasteiger partial charge in [0.05, 0.1) is 11.6 Å². The third-order valence-corrected chi connectivity index (χ3v) is 5.17. The van der Waals surface area contributed by atoms with Crippen LogP contribution in [0.2, 0.25) is 0 Å². The highest BCUT2D eigenvalue weighted by Gasteiger charge is 2.35. The number of nitrogens with zero attached hydrogens (tertiary/aromatic N) is 1. The SMILES string of the molecule is Cc1cnc(C(NC(=O)NCC(C)(O)CCC(C)C)C2CC2)s1. The summed E-state index contributed by atoms with van der Waals surface area (Å²) in [7, 11) is 0. The Morgan fingerprint density at radius 1 is 1.52 bits per heavy atom. The van der Waals surface area contributed by atoms with Gasteiger partial charge in [-0.25, -0.2) is 9.78 Å². The molecule has 6 heteroatoms. The predicted octanol–water partition coefficient (Wildman–Crippen LogP) is 3.39. The lowest BCUT2D eigenvalue weighted by Crippen LogP contribution is -2.46. The second kappa shape index (κ2) is 7.62. The molecule has 130 valence electrons. The zero-order chi connectivity index (χ0) is 17.0. The van der Waals surface area contributed by atoms with Crippen molar-refractivity contribution in [2.24, 2.45) is 11.8 Å². The first-order chi connectivity index (χ1) is 10.8.